The molecule has 8 nitrogen and oxygen atoms in total. The van der Waals surface area contributed by atoms with Crippen LogP contribution in [0.1, 0.15) is 23.4 Å². The average molecular weight is 429 g/mol. The van der Waals surface area contributed by atoms with Crippen molar-refractivity contribution in [1.82, 2.24) is 15.8 Å². The highest BCUT2D eigenvalue weighted by Gasteiger charge is 2.41. The predicted octanol–water partition coefficient (Wildman–Crippen LogP) is 2.62. The molecule has 1 heterocycles. The summed E-state index contributed by atoms with van der Waals surface area (Å²) in [6.45, 7) is 1.47. The van der Waals surface area contributed by atoms with E-state index in [1.165, 1.54) is 23.6 Å². The summed E-state index contributed by atoms with van der Waals surface area (Å²) in [5.74, 6) is 0.440. The maximum absolute atomic E-state index is 12.6. The number of hydrogen-bond acceptors (Lipinski definition) is 6. The Kier molecular flexibility index (Phi) is 7.18. The van der Waals surface area contributed by atoms with Crippen molar-refractivity contribution in [2.75, 3.05) is 12.9 Å². The van der Waals surface area contributed by atoms with Crippen molar-refractivity contribution in [2.24, 2.45) is 0 Å². The van der Waals surface area contributed by atoms with Gasteiger partial charge in [0.15, 0.2) is 0 Å². The first kappa shape index (κ1) is 21.5. The molecule has 0 unspecified atom stereocenters. The van der Waals surface area contributed by atoms with E-state index in [1.807, 2.05) is 30.3 Å². The molecule has 1 aliphatic rings. The molecule has 30 heavy (non-hydrogen) atoms. The largest absolute Gasteiger partial charge is 0.497 e. The second-order valence-corrected chi connectivity index (χ2v) is 7.69. The minimum atomic E-state index is -0.793. The van der Waals surface area contributed by atoms with Crippen LogP contribution in [0.25, 0.3) is 0 Å². The van der Waals surface area contributed by atoms with E-state index in [1.54, 1.807) is 31.4 Å². The van der Waals surface area contributed by atoms with Crippen molar-refractivity contribution in [1.29, 1.82) is 0 Å². The number of benzene rings is 2. The number of carbonyl (C=O) groups is 3. The molecule has 2 atom stereocenters. The van der Waals surface area contributed by atoms with Crippen LogP contribution in [0.3, 0.4) is 0 Å². The van der Waals surface area contributed by atoms with Gasteiger partial charge in [0.25, 0.3) is 5.91 Å². The third kappa shape index (κ3) is 5.24. The molecule has 0 radical (unpaired) electrons. The first-order valence-electron chi connectivity index (χ1n) is 9.30. The second-order valence-electron chi connectivity index (χ2n) is 6.58. The first-order valence-corrected chi connectivity index (χ1v) is 10.4. The lowest BCUT2D eigenvalue weighted by Gasteiger charge is -2.27. The molecule has 0 bridgehead atoms. The molecule has 1 fully saturated rings. The zero-order valence-electron chi connectivity index (χ0n) is 16.7. The topological polar surface area (TPSA) is 97.0 Å². The van der Waals surface area contributed by atoms with Gasteiger partial charge in [0.2, 0.25) is 5.91 Å². The smallest absolute Gasteiger partial charge is 0.426 e. The maximum Gasteiger partial charge on any atom is 0.426 e. The molecule has 0 saturated carbocycles. The quantitative estimate of drug-likeness (QED) is 0.710. The summed E-state index contributed by atoms with van der Waals surface area (Å²) in [6, 6.07) is 15.9. The number of nitrogens with one attached hydrogen (secondary N) is 2. The molecule has 2 N–H and O–H groups in total. The van der Waals surface area contributed by atoms with Crippen LogP contribution in [0.2, 0.25) is 0 Å². The zero-order valence-corrected chi connectivity index (χ0v) is 17.5. The van der Waals surface area contributed by atoms with Crippen molar-refractivity contribution in [3.63, 3.8) is 0 Å². The standard InChI is InChI=1S/C21H23N3O5S/c1-14(25)24-18(13-30-20(24)16-6-4-3-5-7-16)19(26)22-23-21(27)29-12-15-8-10-17(28-2)11-9-15/h3-11,18,20H,12-13H2,1-2H3,(H,22,26)(H,23,27)/t18-,20+/m0/s1. The highest BCUT2D eigenvalue weighted by atomic mass is 32.2. The van der Waals surface area contributed by atoms with Crippen LogP contribution in [0, 0.1) is 0 Å². The molecule has 2 aromatic carbocycles. The Bertz CT molecular complexity index is 891. The number of ether oxygens (including phenoxy) is 2. The number of methoxy groups -OCH3 is 1. The van der Waals surface area contributed by atoms with E-state index in [4.69, 9.17) is 9.47 Å². The highest BCUT2D eigenvalue weighted by Crippen LogP contribution is 2.41. The SMILES string of the molecule is COc1ccc(COC(=O)NNC(=O)[C@@H]2CS[C@H](c3ccccc3)N2C(C)=O)cc1. The van der Waals surface area contributed by atoms with E-state index in [2.05, 4.69) is 10.9 Å². The Hall–Kier alpha value is -3.20. The molecule has 0 spiro atoms. The third-order valence-electron chi connectivity index (χ3n) is 4.57. The van der Waals surface area contributed by atoms with Crippen molar-refractivity contribution in [3.05, 3.63) is 65.7 Å². The van der Waals surface area contributed by atoms with Crippen LogP contribution in [0.15, 0.2) is 54.6 Å². The lowest BCUT2D eigenvalue weighted by atomic mass is 10.1. The molecule has 9 heteroatoms. The Morgan fingerprint density at radius 3 is 2.40 bits per heavy atom. The average Bonchev–Trinajstić information content (AvgIpc) is 3.22. The zero-order chi connectivity index (χ0) is 21.5. The Balaban J connectivity index is 1.52. The van der Waals surface area contributed by atoms with Crippen LogP contribution >= 0.6 is 11.8 Å². The van der Waals surface area contributed by atoms with Crippen molar-refractivity contribution >= 4 is 29.7 Å². The van der Waals surface area contributed by atoms with Gasteiger partial charge in [0.05, 0.1) is 7.11 Å². The Morgan fingerprint density at radius 1 is 1.07 bits per heavy atom. The molecule has 0 aliphatic carbocycles. The lowest BCUT2D eigenvalue weighted by Crippen LogP contribution is -2.52. The summed E-state index contributed by atoms with van der Waals surface area (Å²) in [4.78, 5) is 38.2. The first-order chi connectivity index (χ1) is 14.5. The third-order valence-corrected chi connectivity index (χ3v) is 5.89. The van der Waals surface area contributed by atoms with Gasteiger partial charge in [-0.15, -0.1) is 11.8 Å². The molecule has 1 aliphatic heterocycles. The Labute approximate surface area is 178 Å². The van der Waals surface area contributed by atoms with Crippen molar-refractivity contribution < 1.29 is 23.9 Å². The van der Waals surface area contributed by atoms with Gasteiger partial charge in [-0.1, -0.05) is 42.5 Å². The van der Waals surface area contributed by atoms with Crippen LogP contribution in [0.4, 0.5) is 4.79 Å². The van der Waals surface area contributed by atoms with Crippen LogP contribution in [-0.2, 0) is 20.9 Å². The van der Waals surface area contributed by atoms with Crippen molar-refractivity contribution in [3.8, 4) is 5.75 Å². The van der Waals surface area contributed by atoms with Crippen LogP contribution in [0.5, 0.6) is 5.75 Å². The van der Waals surface area contributed by atoms with Gasteiger partial charge in [-0.05, 0) is 23.3 Å². The van der Waals surface area contributed by atoms with Gasteiger partial charge >= 0.3 is 6.09 Å². The molecule has 0 aromatic heterocycles. The summed E-state index contributed by atoms with van der Waals surface area (Å²) in [5, 5.41) is -0.249. The van der Waals surface area contributed by atoms with Gasteiger partial charge < -0.3 is 14.4 Å². The van der Waals surface area contributed by atoms with E-state index in [0.29, 0.717) is 11.5 Å². The van der Waals surface area contributed by atoms with Gasteiger partial charge in [-0.2, -0.15) is 0 Å². The number of hydrogen-bond donors (Lipinski definition) is 2. The van der Waals surface area contributed by atoms with Gasteiger partial charge in [0.1, 0.15) is 23.8 Å². The normalized spacial score (nSPS) is 17.9. The number of carbonyl (C=O) groups excluding carboxylic acids is 3. The Morgan fingerprint density at radius 2 is 1.77 bits per heavy atom. The fraction of sp³-hybridized carbons (Fsp3) is 0.286. The molecule has 1 saturated heterocycles. The van der Waals surface area contributed by atoms with Gasteiger partial charge in [-0.3, -0.25) is 15.0 Å². The molecular formula is C21H23N3O5S. The summed E-state index contributed by atoms with van der Waals surface area (Å²) >= 11 is 1.50. The van der Waals surface area contributed by atoms with E-state index < -0.39 is 18.0 Å². The number of amides is 3. The predicted molar refractivity (Wildman–Crippen MR) is 112 cm³/mol. The summed E-state index contributed by atoms with van der Waals surface area (Å²) < 4.78 is 10.2. The molecule has 2 aromatic rings. The van der Waals surface area contributed by atoms with Crippen LogP contribution < -0.4 is 15.6 Å². The van der Waals surface area contributed by atoms with E-state index in [0.717, 1.165) is 11.1 Å². The highest BCUT2D eigenvalue weighted by molar-refractivity contribution is 7.99. The number of hydrazine groups is 1. The fourth-order valence-corrected chi connectivity index (χ4v) is 4.55. The summed E-state index contributed by atoms with van der Waals surface area (Å²) in [5.41, 5.74) is 6.30. The molecule has 158 valence electrons. The maximum atomic E-state index is 12.6. The molecular weight excluding hydrogens is 406 g/mol. The molecule has 3 amide bonds. The number of nitrogens with zero attached hydrogens (tertiary/aromatic N) is 1. The number of rotatable bonds is 5. The number of thioether (sulfide) groups is 1. The van der Waals surface area contributed by atoms with Crippen LogP contribution in [-0.4, -0.2) is 41.7 Å². The molecule has 3 rings (SSSR count). The van der Waals surface area contributed by atoms with E-state index >= 15 is 0 Å². The summed E-state index contributed by atoms with van der Waals surface area (Å²) in [6.07, 6.45) is -0.793. The van der Waals surface area contributed by atoms with Gasteiger partial charge in [0, 0.05) is 12.7 Å². The minimum Gasteiger partial charge on any atom is -0.497 e. The fourth-order valence-electron chi connectivity index (χ4n) is 3.07. The van der Waals surface area contributed by atoms with E-state index in [-0.39, 0.29) is 17.9 Å². The van der Waals surface area contributed by atoms with Crippen molar-refractivity contribution in [2.45, 2.75) is 24.9 Å². The second kappa shape index (κ2) is 10.0. The monoisotopic (exact) mass is 429 g/mol. The van der Waals surface area contributed by atoms with Gasteiger partial charge in [-0.25, -0.2) is 10.2 Å². The minimum absolute atomic E-state index is 0.0423. The summed E-state index contributed by atoms with van der Waals surface area (Å²) in [7, 11) is 1.57. The lowest BCUT2D eigenvalue weighted by molar-refractivity contribution is -0.138. The van der Waals surface area contributed by atoms with E-state index in [9.17, 15) is 14.4 Å².